The molecule has 0 aromatic carbocycles. The van der Waals surface area contributed by atoms with E-state index in [0.29, 0.717) is 25.7 Å². The topological polar surface area (TPSA) is 237 Å². The van der Waals surface area contributed by atoms with E-state index in [1.807, 2.05) is 0 Å². The van der Waals surface area contributed by atoms with Crippen molar-refractivity contribution in [2.45, 2.75) is 310 Å². The van der Waals surface area contributed by atoms with Crippen LogP contribution in [0, 0.1) is 5.92 Å². The van der Waals surface area contributed by atoms with Gasteiger partial charge in [-0.05, 0) is 31.6 Å². The maximum Gasteiger partial charge on any atom is 0.472 e. The van der Waals surface area contributed by atoms with Crippen molar-refractivity contribution in [2.75, 3.05) is 39.6 Å². The van der Waals surface area contributed by atoms with E-state index in [4.69, 9.17) is 37.0 Å². The molecule has 17 nitrogen and oxygen atoms in total. The zero-order valence-electron chi connectivity index (χ0n) is 49.8. The molecule has 6 atom stereocenters. The van der Waals surface area contributed by atoms with E-state index in [1.165, 1.54) is 96.3 Å². The molecule has 0 aliphatic carbocycles. The van der Waals surface area contributed by atoms with Gasteiger partial charge in [-0.3, -0.25) is 37.3 Å². The van der Waals surface area contributed by atoms with Crippen LogP contribution < -0.4 is 0 Å². The SMILES string of the molecule is CCCCCCCCCCCC(=O)OC[C@H](COP(=O)(O)OC[C@@H](O)COP(=O)(O)OC[C@@H](COC(=O)CCCCCCCCC)OC(=O)CCCCCCCCCC)OC(=O)CCCCCCCCCCCCC(C)CC. The van der Waals surface area contributed by atoms with E-state index >= 15 is 0 Å². The Hall–Kier alpha value is -1.94. The Kier molecular flexibility index (Phi) is 51.8. The molecule has 0 rings (SSSR count). The molecule has 0 heterocycles. The lowest BCUT2D eigenvalue weighted by atomic mass is 9.99. The Morgan fingerprint density at radius 1 is 0.359 bits per heavy atom. The Balaban J connectivity index is 5.19. The van der Waals surface area contributed by atoms with Crippen molar-refractivity contribution < 1.29 is 80.2 Å². The quantitative estimate of drug-likeness (QED) is 0.0222. The van der Waals surface area contributed by atoms with Crippen LogP contribution in [0.4, 0.5) is 0 Å². The highest BCUT2D eigenvalue weighted by Gasteiger charge is 2.30. The number of hydrogen-bond donors (Lipinski definition) is 3. The molecule has 0 saturated carbocycles. The number of carbonyl (C=O) groups excluding carboxylic acids is 4. The van der Waals surface area contributed by atoms with Gasteiger partial charge >= 0.3 is 39.5 Å². The fourth-order valence-corrected chi connectivity index (χ4v) is 10.2. The maximum atomic E-state index is 12.9. The average molecular weight is 1160 g/mol. The maximum absolute atomic E-state index is 12.9. The number of hydrogen-bond acceptors (Lipinski definition) is 15. The van der Waals surface area contributed by atoms with Crippen molar-refractivity contribution in [1.82, 2.24) is 0 Å². The number of phosphoric acid groups is 2. The van der Waals surface area contributed by atoms with Crippen molar-refractivity contribution in [2.24, 2.45) is 5.92 Å². The first kappa shape index (κ1) is 76.1. The third-order valence-corrected chi connectivity index (χ3v) is 15.8. The Morgan fingerprint density at radius 3 is 0.910 bits per heavy atom. The van der Waals surface area contributed by atoms with E-state index < -0.39 is 97.5 Å². The molecular formula is C59H114O17P2. The summed E-state index contributed by atoms with van der Waals surface area (Å²) < 4.78 is 67.6. The van der Waals surface area contributed by atoms with Crippen LogP contribution in [0.3, 0.4) is 0 Å². The Labute approximate surface area is 473 Å². The van der Waals surface area contributed by atoms with Crippen LogP contribution in [-0.2, 0) is 65.4 Å². The lowest BCUT2D eigenvalue weighted by molar-refractivity contribution is -0.161. The lowest BCUT2D eigenvalue weighted by Crippen LogP contribution is -2.30. The van der Waals surface area contributed by atoms with Gasteiger partial charge in [-0.15, -0.1) is 0 Å². The van der Waals surface area contributed by atoms with Crippen molar-refractivity contribution >= 4 is 39.5 Å². The molecule has 0 bridgehead atoms. The van der Waals surface area contributed by atoms with Crippen molar-refractivity contribution in [3.63, 3.8) is 0 Å². The number of ether oxygens (including phenoxy) is 4. The number of aliphatic hydroxyl groups is 1. The number of phosphoric ester groups is 2. The van der Waals surface area contributed by atoms with Gasteiger partial charge in [0, 0.05) is 25.7 Å². The fourth-order valence-electron chi connectivity index (χ4n) is 8.67. The van der Waals surface area contributed by atoms with Gasteiger partial charge < -0.3 is 33.8 Å². The van der Waals surface area contributed by atoms with Crippen LogP contribution in [0.5, 0.6) is 0 Å². The summed E-state index contributed by atoms with van der Waals surface area (Å²) in [7, 11) is -9.87. The second kappa shape index (κ2) is 53.1. The van der Waals surface area contributed by atoms with Gasteiger partial charge in [0.1, 0.15) is 19.3 Å². The third-order valence-electron chi connectivity index (χ3n) is 13.9. The van der Waals surface area contributed by atoms with Crippen LogP contribution in [0.1, 0.15) is 291 Å². The van der Waals surface area contributed by atoms with Gasteiger partial charge in [0.25, 0.3) is 0 Å². The minimum absolute atomic E-state index is 0.104. The minimum atomic E-state index is -4.94. The highest BCUT2D eigenvalue weighted by atomic mass is 31.2. The molecule has 3 unspecified atom stereocenters. The molecule has 0 aromatic heterocycles. The summed E-state index contributed by atoms with van der Waals surface area (Å²) in [6, 6.07) is 0. The van der Waals surface area contributed by atoms with Gasteiger partial charge in [0.15, 0.2) is 12.2 Å². The second-order valence-electron chi connectivity index (χ2n) is 21.6. The molecule has 0 aliphatic rings. The number of carbonyl (C=O) groups is 4. The van der Waals surface area contributed by atoms with Crippen LogP contribution in [0.2, 0.25) is 0 Å². The first-order chi connectivity index (χ1) is 37.6. The highest BCUT2D eigenvalue weighted by molar-refractivity contribution is 7.47. The smallest absolute Gasteiger partial charge is 0.462 e. The molecule has 78 heavy (non-hydrogen) atoms. The Bertz CT molecular complexity index is 1540. The molecular weight excluding hydrogens is 1040 g/mol. The molecule has 0 saturated heterocycles. The number of unbranched alkanes of at least 4 members (excludes halogenated alkanes) is 30. The summed E-state index contributed by atoms with van der Waals surface area (Å²) in [5.41, 5.74) is 0. The summed E-state index contributed by atoms with van der Waals surface area (Å²) in [5, 5.41) is 10.5. The van der Waals surface area contributed by atoms with E-state index in [0.717, 1.165) is 115 Å². The summed E-state index contributed by atoms with van der Waals surface area (Å²) in [4.78, 5) is 71.7. The summed E-state index contributed by atoms with van der Waals surface area (Å²) in [6.07, 6.45) is 34.9. The van der Waals surface area contributed by atoms with E-state index in [9.17, 15) is 43.2 Å². The molecule has 0 fully saturated rings. The third kappa shape index (κ3) is 52.2. The standard InChI is InChI=1S/C59H114O17P2/c1-6-10-13-16-19-23-29-33-38-43-57(62)70-49-55(76-59(64)45-40-35-30-25-22-21-24-27-31-36-41-52(5)9-4)51-74-78(67,68)72-47-53(60)46-71-77(65,66)73-50-54(48-69-56(61)42-37-32-26-18-15-12-8-3)75-58(63)44-39-34-28-20-17-14-11-7-2/h52-55,60H,6-51H2,1-5H3,(H,65,66)(H,67,68)/t52?,53-,54+,55+/m0/s1. The summed E-state index contributed by atoms with van der Waals surface area (Å²) in [5.74, 6) is -1.34. The van der Waals surface area contributed by atoms with E-state index in [2.05, 4.69) is 34.6 Å². The monoisotopic (exact) mass is 1160 g/mol. The highest BCUT2D eigenvalue weighted by Crippen LogP contribution is 2.45. The molecule has 3 N–H and O–H groups in total. The molecule has 462 valence electrons. The lowest BCUT2D eigenvalue weighted by Gasteiger charge is -2.21. The molecule has 0 radical (unpaired) electrons. The predicted molar refractivity (Wildman–Crippen MR) is 308 cm³/mol. The Morgan fingerprint density at radius 2 is 0.615 bits per heavy atom. The summed E-state index contributed by atoms with van der Waals surface area (Å²) >= 11 is 0. The minimum Gasteiger partial charge on any atom is -0.462 e. The first-order valence-corrected chi connectivity index (χ1v) is 34.2. The van der Waals surface area contributed by atoms with Gasteiger partial charge in [-0.1, -0.05) is 240 Å². The predicted octanol–water partition coefficient (Wildman–Crippen LogP) is 15.8. The largest absolute Gasteiger partial charge is 0.472 e. The normalized spacial score (nSPS) is 14.7. The van der Waals surface area contributed by atoms with E-state index in [1.54, 1.807) is 0 Å². The van der Waals surface area contributed by atoms with Crippen LogP contribution in [0.15, 0.2) is 0 Å². The molecule has 0 amide bonds. The van der Waals surface area contributed by atoms with Crippen LogP contribution in [-0.4, -0.2) is 96.7 Å². The fraction of sp³-hybridized carbons (Fsp3) is 0.932. The molecule has 19 heteroatoms. The zero-order chi connectivity index (χ0) is 57.8. The van der Waals surface area contributed by atoms with Crippen molar-refractivity contribution in [3.8, 4) is 0 Å². The first-order valence-electron chi connectivity index (χ1n) is 31.2. The second-order valence-corrected chi connectivity index (χ2v) is 24.5. The molecule has 0 spiro atoms. The van der Waals surface area contributed by atoms with Crippen molar-refractivity contribution in [3.05, 3.63) is 0 Å². The number of rotatable bonds is 59. The number of esters is 4. The zero-order valence-corrected chi connectivity index (χ0v) is 51.6. The van der Waals surface area contributed by atoms with Gasteiger partial charge in [0.2, 0.25) is 0 Å². The van der Waals surface area contributed by atoms with Crippen molar-refractivity contribution in [1.29, 1.82) is 0 Å². The molecule has 0 aromatic rings. The van der Waals surface area contributed by atoms with Crippen LogP contribution >= 0.6 is 15.6 Å². The molecule has 0 aliphatic heterocycles. The number of aliphatic hydroxyl groups excluding tert-OH is 1. The summed E-state index contributed by atoms with van der Waals surface area (Å²) in [6.45, 7) is 7.10. The van der Waals surface area contributed by atoms with Crippen LogP contribution in [0.25, 0.3) is 0 Å². The van der Waals surface area contributed by atoms with E-state index in [-0.39, 0.29) is 25.7 Å². The van der Waals surface area contributed by atoms with Gasteiger partial charge in [-0.25, -0.2) is 9.13 Å². The van der Waals surface area contributed by atoms with Gasteiger partial charge in [-0.2, -0.15) is 0 Å². The average Bonchev–Trinajstić information content (AvgIpc) is 3.41. The van der Waals surface area contributed by atoms with Gasteiger partial charge in [0.05, 0.1) is 26.4 Å².